The zero-order valence-electron chi connectivity index (χ0n) is 10.4. The highest BCUT2D eigenvalue weighted by atomic mass is 16.4. The number of carbonyl (C=O) groups is 2. The normalized spacial score (nSPS) is 18.8. The highest BCUT2D eigenvalue weighted by Crippen LogP contribution is 2.36. The van der Waals surface area contributed by atoms with Crippen molar-refractivity contribution < 1.29 is 19.1 Å². The molecule has 2 heterocycles. The summed E-state index contributed by atoms with van der Waals surface area (Å²) >= 11 is 0. The Morgan fingerprint density at radius 1 is 1.61 bits per heavy atom. The SMILES string of the molecule is CN(C)CC1C(=O)Nc2coc(C(=O)O)c2N1C. The minimum Gasteiger partial charge on any atom is -0.475 e. The van der Waals surface area contributed by atoms with Gasteiger partial charge in [0, 0.05) is 13.6 Å². The summed E-state index contributed by atoms with van der Waals surface area (Å²) < 4.78 is 4.98. The number of amides is 1. The second-order valence-corrected chi connectivity index (χ2v) is 4.51. The molecule has 1 amide bonds. The molecular weight excluding hydrogens is 238 g/mol. The van der Waals surface area contributed by atoms with Crippen molar-refractivity contribution in [2.24, 2.45) is 0 Å². The molecule has 7 nitrogen and oxygen atoms in total. The van der Waals surface area contributed by atoms with Crippen LogP contribution in [0.2, 0.25) is 0 Å². The first-order valence-electron chi connectivity index (χ1n) is 5.45. The van der Waals surface area contributed by atoms with Gasteiger partial charge in [0.05, 0.1) is 0 Å². The molecule has 0 radical (unpaired) electrons. The van der Waals surface area contributed by atoms with Gasteiger partial charge in [0.15, 0.2) is 0 Å². The summed E-state index contributed by atoms with van der Waals surface area (Å²) in [5.74, 6) is -1.48. The third-order valence-corrected chi connectivity index (χ3v) is 2.88. The molecule has 18 heavy (non-hydrogen) atoms. The summed E-state index contributed by atoms with van der Waals surface area (Å²) in [6.45, 7) is 0.492. The van der Waals surface area contributed by atoms with Gasteiger partial charge < -0.3 is 24.6 Å². The predicted octanol–water partition coefficient (Wildman–Crippen LogP) is 0.296. The largest absolute Gasteiger partial charge is 0.475 e. The molecule has 0 aromatic carbocycles. The van der Waals surface area contributed by atoms with Gasteiger partial charge in [-0.25, -0.2) is 4.79 Å². The molecule has 1 aliphatic rings. The summed E-state index contributed by atoms with van der Waals surface area (Å²) in [4.78, 5) is 26.5. The van der Waals surface area contributed by atoms with Gasteiger partial charge in [0.1, 0.15) is 23.7 Å². The second kappa shape index (κ2) is 4.34. The summed E-state index contributed by atoms with van der Waals surface area (Å²) in [6, 6.07) is -0.441. The van der Waals surface area contributed by atoms with E-state index in [2.05, 4.69) is 5.32 Å². The van der Waals surface area contributed by atoms with Crippen LogP contribution in [-0.4, -0.2) is 55.6 Å². The van der Waals surface area contributed by atoms with E-state index in [4.69, 9.17) is 9.52 Å². The Morgan fingerprint density at radius 3 is 2.83 bits per heavy atom. The Hall–Kier alpha value is -2.02. The molecular formula is C11H15N3O4. The minimum absolute atomic E-state index is 0.156. The number of hydrogen-bond donors (Lipinski definition) is 2. The number of likely N-dealkylation sites (N-methyl/N-ethyl adjacent to an activating group) is 2. The van der Waals surface area contributed by atoms with Gasteiger partial charge in [0.2, 0.25) is 11.7 Å². The van der Waals surface area contributed by atoms with E-state index in [1.165, 1.54) is 6.26 Å². The van der Waals surface area contributed by atoms with E-state index in [1.807, 2.05) is 19.0 Å². The van der Waals surface area contributed by atoms with Crippen LogP contribution in [-0.2, 0) is 4.79 Å². The first-order chi connectivity index (χ1) is 8.41. The van der Waals surface area contributed by atoms with E-state index in [9.17, 15) is 9.59 Å². The van der Waals surface area contributed by atoms with E-state index in [1.54, 1.807) is 11.9 Å². The van der Waals surface area contributed by atoms with Crippen molar-refractivity contribution in [2.75, 3.05) is 37.9 Å². The van der Waals surface area contributed by atoms with Crippen LogP contribution in [0.5, 0.6) is 0 Å². The Kier molecular flexibility index (Phi) is 3.00. The van der Waals surface area contributed by atoms with E-state index < -0.39 is 12.0 Å². The van der Waals surface area contributed by atoms with Gasteiger partial charge in [-0.3, -0.25) is 4.79 Å². The zero-order valence-corrected chi connectivity index (χ0v) is 10.4. The number of rotatable bonds is 3. The molecule has 0 fully saturated rings. The van der Waals surface area contributed by atoms with Gasteiger partial charge in [-0.1, -0.05) is 0 Å². The van der Waals surface area contributed by atoms with Crippen LogP contribution in [0.15, 0.2) is 10.7 Å². The lowest BCUT2D eigenvalue weighted by atomic mass is 10.1. The number of nitrogens with one attached hydrogen (secondary N) is 1. The summed E-state index contributed by atoms with van der Waals surface area (Å²) in [5.41, 5.74) is 0.809. The Labute approximate surface area is 104 Å². The van der Waals surface area contributed by atoms with Crippen molar-refractivity contribution in [1.29, 1.82) is 0 Å². The maximum absolute atomic E-state index is 11.9. The fraction of sp³-hybridized carbons (Fsp3) is 0.455. The molecule has 1 aliphatic heterocycles. The van der Waals surface area contributed by atoms with Crippen LogP contribution < -0.4 is 10.2 Å². The van der Waals surface area contributed by atoms with Crippen molar-refractivity contribution in [3.63, 3.8) is 0 Å². The molecule has 1 aromatic rings. The number of anilines is 2. The average molecular weight is 253 g/mol. The minimum atomic E-state index is -1.15. The van der Waals surface area contributed by atoms with Crippen LogP contribution in [0.4, 0.5) is 11.4 Å². The zero-order chi connectivity index (χ0) is 13.4. The smallest absolute Gasteiger partial charge is 0.374 e. The lowest BCUT2D eigenvalue weighted by molar-refractivity contribution is -0.117. The van der Waals surface area contributed by atoms with E-state index in [0.717, 1.165) is 0 Å². The molecule has 2 N–H and O–H groups in total. The molecule has 0 spiro atoms. The fourth-order valence-corrected chi connectivity index (χ4v) is 2.04. The molecule has 1 unspecified atom stereocenters. The van der Waals surface area contributed by atoms with Crippen molar-refractivity contribution in [3.05, 3.63) is 12.0 Å². The number of nitrogens with zero attached hydrogens (tertiary/aromatic N) is 2. The molecule has 98 valence electrons. The number of fused-ring (bicyclic) bond motifs is 1. The summed E-state index contributed by atoms with van der Waals surface area (Å²) in [7, 11) is 5.39. The molecule has 1 aromatic heterocycles. The maximum Gasteiger partial charge on any atom is 0.374 e. The van der Waals surface area contributed by atoms with E-state index in [0.29, 0.717) is 17.9 Å². The molecule has 7 heteroatoms. The summed E-state index contributed by atoms with van der Waals surface area (Å²) in [6.07, 6.45) is 1.25. The Balaban J connectivity index is 2.40. The topological polar surface area (TPSA) is 86.0 Å². The predicted molar refractivity (Wildman–Crippen MR) is 65.0 cm³/mol. The van der Waals surface area contributed by atoms with Gasteiger partial charge in [-0.2, -0.15) is 0 Å². The van der Waals surface area contributed by atoms with Crippen LogP contribution in [0, 0.1) is 0 Å². The lowest BCUT2D eigenvalue weighted by Crippen LogP contribution is -2.51. The number of carboxylic acid groups (broad SMARTS) is 1. The number of furan rings is 1. The molecule has 2 rings (SSSR count). The molecule has 0 saturated carbocycles. The highest BCUT2D eigenvalue weighted by Gasteiger charge is 2.36. The van der Waals surface area contributed by atoms with E-state index >= 15 is 0 Å². The van der Waals surface area contributed by atoms with Crippen molar-refractivity contribution in [1.82, 2.24) is 4.90 Å². The van der Waals surface area contributed by atoms with Gasteiger partial charge >= 0.3 is 5.97 Å². The lowest BCUT2D eigenvalue weighted by Gasteiger charge is -2.34. The maximum atomic E-state index is 11.9. The number of carboxylic acids is 1. The van der Waals surface area contributed by atoms with Crippen molar-refractivity contribution >= 4 is 23.3 Å². The van der Waals surface area contributed by atoms with Crippen molar-refractivity contribution in [3.8, 4) is 0 Å². The Bertz CT molecular complexity index is 494. The van der Waals surface area contributed by atoms with Crippen molar-refractivity contribution in [2.45, 2.75) is 6.04 Å². The first kappa shape index (κ1) is 12.4. The standard InChI is InChI=1S/C11H15N3O4/c1-13(2)4-7-10(15)12-6-5-18-9(11(16)17)8(6)14(7)3/h5,7H,4H2,1-3H3,(H,12,15)(H,16,17). The highest BCUT2D eigenvalue weighted by molar-refractivity contribution is 6.07. The van der Waals surface area contributed by atoms with Crippen LogP contribution in [0.3, 0.4) is 0 Å². The Morgan fingerprint density at radius 2 is 2.28 bits per heavy atom. The fourth-order valence-electron chi connectivity index (χ4n) is 2.04. The van der Waals surface area contributed by atoms with Gasteiger partial charge in [-0.05, 0) is 14.1 Å². The number of hydrogen-bond acceptors (Lipinski definition) is 5. The molecule has 0 saturated heterocycles. The van der Waals surface area contributed by atoms with Crippen LogP contribution in [0.1, 0.15) is 10.6 Å². The molecule has 0 bridgehead atoms. The van der Waals surface area contributed by atoms with Crippen LogP contribution in [0.25, 0.3) is 0 Å². The number of carbonyl (C=O) groups excluding carboxylic acids is 1. The molecule has 0 aliphatic carbocycles. The molecule has 1 atom stereocenters. The monoisotopic (exact) mass is 253 g/mol. The average Bonchev–Trinajstić information content (AvgIpc) is 2.67. The van der Waals surface area contributed by atoms with Crippen LogP contribution >= 0.6 is 0 Å². The summed E-state index contributed by atoms with van der Waals surface area (Å²) in [5, 5.41) is 11.7. The number of aromatic carboxylic acids is 1. The quantitative estimate of drug-likeness (QED) is 0.805. The first-order valence-corrected chi connectivity index (χ1v) is 5.45. The van der Waals surface area contributed by atoms with Gasteiger partial charge in [-0.15, -0.1) is 0 Å². The third kappa shape index (κ3) is 1.92. The van der Waals surface area contributed by atoms with E-state index in [-0.39, 0.29) is 11.7 Å². The third-order valence-electron chi connectivity index (χ3n) is 2.88. The second-order valence-electron chi connectivity index (χ2n) is 4.51. The van der Waals surface area contributed by atoms with Gasteiger partial charge in [0.25, 0.3) is 0 Å².